The zero-order chi connectivity index (χ0) is 12.3. The van der Waals surface area contributed by atoms with Crippen LogP contribution in [0.5, 0.6) is 0 Å². The lowest BCUT2D eigenvalue weighted by molar-refractivity contribution is 0.0910. The first kappa shape index (κ1) is 12.0. The van der Waals surface area contributed by atoms with Crippen molar-refractivity contribution >= 4 is 5.91 Å². The Labute approximate surface area is 98.6 Å². The van der Waals surface area contributed by atoms with E-state index in [2.05, 4.69) is 20.8 Å². The van der Waals surface area contributed by atoms with Crippen LogP contribution < -0.4 is 10.6 Å². The first-order valence-corrected chi connectivity index (χ1v) is 5.70. The maximum absolute atomic E-state index is 11.5. The van der Waals surface area contributed by atoms with E-state index in [1.54, 1.807) is 6.92 Å². The lowest BCUT2D eigenvalue weighted by atomic mass is 10.2. The first-order valence-electron chi connectivity index (χ1n) is 5.70. The van der Waals surface area contributed by atoms with Crippen LogP contribution in [0.3, 0.4) is 0 Å². The number of hydrogen-bond acceptors (Lipinski definition) is 6. The summed E-state index contributed by atoms with van der Waals surface area (Å²) in [5.74, 6) is 0.0259. The molecule has 1 saturated heterocycles. The van der Waals surface area contributed by atoms with E-state index in [1.807, 2.05) is 0 Å². The smallest absolute Gasteiger partial charge is 0.292 e. The maximum atomic E-state index is 11.5. The van der Waals surface area contributed by atoms with Crippen molar-refractivity contribution in [3.05, 3.63) is 11.7 Å². The van der Waals surface area contributed by atoms with E-state index in [9.17, 15) is 4.79 Å². The lowest BCUT2D eigenvalue weighted by Gasteiger charge is -2.03. The molecule has 17 heavy (non-hydrogen) atoms. The normalized spacial score (nSPS) is 21.4. The molecule has 2 heterocycles. The molecule has 7 nitrogen and oxygen atoms in total. The summed E-state index contributed by atoms with van der Waals surface area (Å²) in [6, 6.07) is 0.0563. The third kappa shape index (κ3) is 3.01. The number of carbonyl (C=O) groups excluding carboxylic acids is 1. The summed E-state index contributed by atoms with van der Waals surface area (Å²) in [6.07, 6.45) is 1.41. The van der Waals surface area contributed by atoms with E-state index in [1.165, 1.54) is 0 Å². The van der Waals surface area contributed by atoms with Crippen LogP contribution in [0.2, 0.25) is 0 Å². The predicted octanol–water partition coefficient (Wildman–Crippen LogP) is -0.395. The number of hydrogen-bond donors (Lipinski definition) is 3. The molecule has 0 aromatic carbocycles. The highest BCUT2D eigenvalue weighted by molar-refractivity contribution is 5.90. The number of carbonyl (C=O) groups is 1. The molecule has 0 radical (unpaired) electrons. The SMILES string of the molecule is C[C@H](O)CNC(=O)c1noc(C2CCCN2)n1. The van der Waals surface area contributed by atoms with Gasteiger partial charge in [-0.3, -0.25) is 4.79 Å². The average molecular weight is 240 g/mol. The number of aliphatic hydroxyl groups is 1. The van der Waals surface area contributed by atoms with Crippen molar-refractivity contribution in [1.29, 1.82) is 0 Å². The fourth-order valence-electron chi connectivity index (χ4n) is 1.68. The predicted molar refractivity (Wildman–Crippen MR) is 58.3 cm³/mol. The Hall–Kier alpha value is -1.47. The Bertz CT molecular complexity index is 385. The van der Waals surface area contributed by atoms with Gasteiger partial charge >= 0.3 is 0 Å². The minimum atomic E-state index is -0.596. The third-order valence-corrected chi connectivity index (χ3v) is 2.56. The van der Waals surface area contributed by atoms with Crippen LogP contribution in [0.4, 0.5) is 0 Å². The highest BCUT2D eigenvalue weighted by Crippen LogP contribution is 2.20. The first-order chi connectivity index (χ1) is 8.16. The molecule has 1 aliphatic heterocycles. The molecule has 1 aromatic rings. The van der Waals surface area contributed by atoms with Crippen LogP contribution in [-0.4, -0.2) is 40.3 Å². The molecule has 1 aromatic heterocycles. The molecule has 0 aliphatic carbocycles. The van der Waals surface area contributed by atoms with Crippen LogP contribution in [0, 0.1) is 0 Å². The van der Waals surface area contributed by atoms with E-state index in [0.29, 0.717) is 5.89 Å². The highest BCUT2D eigenvalue weighted by Gasteiger charge is 2.24. The van der Waals surface area contributed by atoms with Crippen LogP contribution >= 0.6 is 0 Å². The maximum Gasteiger partial charge on any atom is 0.292 e. The second kappa shape index (κ2) is 5.24. The molecular weight excluding hydrogens is 224 g/mol. The summed E-state index contributed by atoms with van der Waals surface area (Å²) in [7, 11) is 0. The molecule has 7 heteroatoms. The molecule has 3 N–H and O–H groups in total. The van der Waals surface area contributed by atoms with Crippen molar-refractivity contribution in [2.24, 2.45) is 0 Å². The second-order valence-electron chi connectivity index (χ2n) is 4.16. The molecule has 0 spiro atoms. The van der Waals surface area contributed by atoms with Gasteiger partial charge in [0.15, 0.2) is 0 Å². The second-order valence-corrected chi connectivity index (χ2v) is 4.16. The number of rotatable bonds is 4. The van der Waals surface area contributed by atoms with Gasteiger partial charge in [-0.25, -0.2) is 0 Å². The van der Waals surface area contributed by atoms with E-state index < -0.39 is 12.0 Å². The van der Waals surface area contributed by atoms with Crippen molar-refractivity contribution < 1.29 is 14.4 Å². The van der Waals surface area contributed by atoms with Crippen molar-refractivity contribution in [2.45, 2.75) is 31.9 Å². The van der Waals surface area contributed by atoms with Gasteiger partial charge in [-0.2, -0.15) is 4.98 Å². The number of aromatic nitrogens is 2. The monoisotopic (exact) mass is 240 g/mol. The van der Waals surface area contributed by atoms with Crippen molar-refractivity contribution in [1.82, 2.24) is 20.8 Å². The molecule has 2 atom stereocenters. The summed E-state index contributed by atoms with van der Waals surface area (Å²) in [5.41, 5.74) is 0. The minimum Gasteiger partial charge on any atom is -0.392 e. The van der Waals surface area contributed by atoms with Gasteiger partial charge in [-0.05, 0) is 26.3 Å². The summed E-state index contributed by atoms with van der Waals surface area (Å²) in [4.78, 5) is 15.6. The fraction of sp³-hybridized carbons (Fsp3) is 0.700. The Morgan fingerprint density at radius 3 is 3.24 bits per heavy atom. The van der Waals surface area contributed by atoms with Gasteiger partial charge in [-0.15, -0.1) is 0 Å². The van der Waals surface area contributed by atoms with E-state index in [-0.39, 0.29) is 18.4 Å². The Morgan fingerprint density at radius 1 is 1.76 bits per heavy atom. The quantitative estimate of drug-likeness (QED) is 0.662. The molecule has 1 aliphatic rings. The van der Waals surface area contributed by atoms with Crippen LogP contribution in [0.25, 0.3) is 0 Å². The zero-order valence-corrected chi connectivity index (χ0v) is 9.64. The Balaban J connectivity index is 1.95. The molecule has 1 fully saturated rings. The van der Waals surface area contributed by atoms with Gasteiger partial charge in [0.25, 0.3) is 11.7 Å². The molecule has 0 bridgehead atoms. The van der Waals surface area contributed by atoms with Crippen molar-refractivity contribution in [2.75, 3.05) is 13.1 Å². The van der Waals surface area contributed by atoms with Crippen LogP contribution in [-0.2, 0) is 0 Å². The number of aliphatic hydroxyl groups excluding tert-OH is 1. The third-order valence-electron chi connectivity index (χ3n) is 2.56. The lowest BCUT2D eigenvalue weighted by Crippen LogP contribution is -2.31. The summed E-state index contributed by atoms with van der Waals surface area (Å²) in [6.45, 7) is 2.69. The summed E-state index contributed by atoms with van der Waals surface area (Å²) in [5, 5.41) is 18.4. The topological polar surface area (TPSA) is 100 Å². The molecule has 1 unspecified atom stereocenters. The van der Waals surface area contributed by atoms with Crippen LogP contribution in [0.15, 0.2) is 4.52 Å². The van der Waals surface area contributed by atoms with Crippen LogP contribution in [0.1, 0.15) is 42.3 Å². The number of nitrogens with one attached hydrogen (secondary N) is 2. The van der Waals surface area contributed by atoms with E-state index in [0.717, 1.165) is 19.4 Å². The molecule has 1 amide bonds. The van der Waals surface area contributed by atoms with Gasteiger partial charge in [0.2, 0.25) is 5.89 Å². The summed E-state index contributed by atoms with van der Waals surface area (Å²) >= 11 is 0. The van der Waals surface area contributed by atoms with Gasteiger partial charge in [0.05, 0.1) is 12.1 Å². The minimum absolute atomic E-state index is 0.00866. The van der Waals surface area contributed by atoms with Gasteiger partial charge in [0.1, 0.15) is 0 Å². The molecule has 0 saturated carbocycles. The Kier molecular flexibility index (Phi) is 3.70. The number of amides is 1. The molecular formula is C10H16N4O3. The van der Waals surface area contributed by atoms with Gasteiger partial charge in [-0.1, -0.05) is 5.16 Å². The van der Waals surface area contributed by atoms with E-state index >= 15 is 0 Å². The van der Waals surface area contributed by atoms with Gasteiger partial charge < -0.3 is 20.3 Å². The molecule has 94 valence electrons. The average Bonchev–Trinajstić information content (AvgIpc) is 2.94. The van der Waals surface area contributed by atoms with Crippen molar-refractivity contribution in [3.63, 3.8) is 0 Å². The van der Waals surface area contributed by atoms with Crippen molar-refractivity contribution in [3.8, 4) is 0 Å². The largest absolute Gasteiger partial charge is 0.392 e. The standard InChI is InChI=1S/C10H16N4O3/c1-6(15)5-12-9(16)8-13-10(17-14-8)7-3-2-4-11-7/h6-7,11,15H,2-5H2,1H3,(H,12,16)/t6-,7?/m0/s1. The zero-order valence-electron chi connectivity index (χ0n) is 9.64. The summed E-state index contributed by atoms with van der Waals surface area (Å²) < 4.78 is 5.03. The van der Waals surface area contributed by atoms with Gasteiger partial charge in [0, 0.05) is 6.54 Å². The highest BCUT2D eigenvalue weighted by atomic mass is 16.5. The Morgan fingerprint density at radius 2 is 2.59 bits per heavy atom. The number of nitrogens with zero attached hydrogens (tertiary/aromatic N) is 2. The van der Waals surface area contributed by atoms with E-state index in [4.69, 9.17) is 9.63 Å². The fourth-order valence-corrected chi connectivity index (χ4v) is 1.68. The molecule has 2 rings (SSSR count).